The molecule has 0 aromatic carbocycles. The van der Waals surface area contributed by atoms with Crippen molar-refractivity contribution in [1.29, 1.82) is 0 Å². The third kappa shape index (κ3) is 3.41. The van der Waals surface area contributed by atoms with Gasteiger partial charge in [-0.15, -0.1) is 10.2 Å². The first-order valence-corrected chi connectivity index (χ1v) is 6.93. The molecular formula is C12H19N7O2. The number of hydrogen-bond donors (Lipinski definition) is 1. The fourth-order valence-corrected chi connectivity index (χ4v) is 2.07. The molecule has 0 spiro atoms. The molecule has 0 saturated carbocycles. The van der Waals surface area contributed by atoms with Crippen LogP contribution in [0.1, 0.15) is 49.2 Å². The van der Waals surface area contributed by atoms with Gasteiger partial charge in [-0.05, 0) is 29.2 Å². The summed E-state index contributed by atoms with van der Waals surface area (Å²) in [5.74, 6) is -0.124. The standard InChI is InChI=1S/C12H19N7O2/c1-4-5-18-10(13-15-17-18)7-19-9(6-8(2)3)11(12(20)21)14-16-19/h8H,4-7H2,1-3H3,(H,20,21). The third-order valence-electron chi connectivity index (χ3n) is 2.97. The molecule has 2 aromatic rings. The van der Waals surface area contributed by atoms with Crippen LogP contribution in [0.15, 0.2) is 0 Å². The number of nitrogens with zero attached hydrogens (tertiary/aromatic N) is 7. The Morgan fingerprint density at radius 3 is 2.62 bits per heavy atom. The summed E-state index contributed by atoms with van der Waals surface area (Å²) >= 11 is 0. The van der Waals surface area contributed by atoms with Gasteiger partial charge in [0.25, 0.3) is 0 Å². The Morgan fingerprint density at radius 2 is 2.00 bits per heavy atom. The molecule has 9 nitrogen and oxygen atoms in total. The summed E-state index contributed by atoms with van der Waals surface area (Å²) in [5.41, 5.74) is 0.599. The normalized spacial score (nSPS) is 11.2. The lowest BCUT2D eigenvalue weighted by Crippen LogP contribution is -2.15. The zero-order valence-electron chi connectivity index (χ0n) is 12.4. The number of aromatic carboxylic acids is 1. The highest BCUT2D eigenvalue weighted by Gasteiger charge is 2.21. The summed E-state index contributed by atoms with van der Waals surface area (Å²) < 4.78 is 3.27. The van der Waals surface area contributed by atoms with Crippen LogP contribution in [-0.4, -0.2) is 46.3 Å². The van der Waals surface area contributed by atoms with E-state index in [1.807, 2.05) is 20.8 Å². The van der Waals surface area contributed by atoms with E-state index >= 15 is 0 Å². The van der Waals surface area contributed by atoms with Crippen molar-refractivity contribution in [3.8, 4) is 0 Å². The van der Waals surface area contributed by atoms with Crippen LogP contribution in [0.25, 0.3) is 0 Å². The lowest BCUT2D eigenvalue weighted by atomic mass is 10.1. The van der Waals surface area contributed by atoms with Crippen LogP contribution in [0.5, 0.6) is 0 Å². The molecule has 114 valence electrons. The van der Waals surface area contributed by atoms with Gasteiger partial charge >= 0.3 is 5.97 Å². The number of carboxylic acids is 1. The van der Waals surface area contributed by atoms with Crippen molar-refractivity contribution in [2.75, 3.05) is 0 Å². The van der Waals surface area contributed by atoms with Crippen LogP contribution in [0.2, 0.25) is 0 Å². The minimum atomic E-state index is -1.06. The number of tetrazole rings is 1. The van der Waals surface area contributed by atoms with E-state index in [0.717, 1.165) is 6.42 Å². The van der Waals surface area contributed by atoms with Gasteiger partial charge in [0, 0.05) is 6.54 Å². The molecule has 0 atom stereocenters. The third-order valence-corrected chi connectivity index (χ3v) is 2.97. The van der Waals surface area contributed by atoms with Crippen LogP contribution >= 0.6 is 0 Å². The van der Waals surface area contributed by atoms with Crippen molar-refractivity contribution in [3.05, 3.63) is 17.2 Å². The van der Waals surface area contributed by atoms with Gasteiger partial charge in [0.05, 0.1) is 5.69 Å². The van der Waals surface area contributed by atoms with Crippen LogP contribution in [0.3, 0.4) is 0 Å². The topological polar surface area (TPSA) is 112 Å². The average molecular weight is 293 g/mol. The molecule has 0 saturated heterocycles. The van der Waals surface area contributed by atoms with Crippen LogP contribution in [0.4, 0.5) is 0 Å². The van der Waals surface area contributed by atoms with E-state index in [4.69, 9.17) is 0 Å². The van der Waals surface area contributed by atoms with Gasteiger partial charge in [0.15, 0.2) is 11.5 Å². The van der Waals surface area contributed by atoms with Crippen LogP contribution in [-0.2, 0) is 19.5 Å². The maximum absolute atomic E-state index is 11.2. The number of carbonyl (C=O) groups is 1. The molecule has 0 aliphatic rings. The molecule has 21 heavy (non-hydrogen) atoms. The minimum Gasteiger partial charge on any atom is -0.476 e. The van der Waals surface area contributed by atoms with Crippen molar-refractivity contribution in [1.82, 2.24) is 35.2 Å². The number of rotatable bonds is 7. The van der Waals surface area contributed by atoms with Crippen molar-refractivity contribution in [2.45, 2.75) is 46.7 Å². The predicted octanol–water partition coefficient (Wildman–Crippen LogP) is 0.620. The van der Waals surface area contributed by atoms with Crippen molar-refractivity contribution < 1.29 is 9.90 Å². The smallest absolute Gasteiger partial charge is 0.358 e. The number of aryl methyl sites for hydroxylation is 1. The van der Waals surface area contributed by atoms with E-state index in [2.05, 4.69) is 25.8 Å². The molecule has 0 bridgehead atoms. The van der Waals surface area contributed by atoms with Gasteiger partial charge in [-0.25, -0.2) is 14.2 Å². The first kappa shape index (κ1) is 15.1. The summed E-state index contributed by atoms with van der Waals surface area (Å²) in [5, 5.41) is 28.4. The first-order chi connectivity index (χ1) is 10.0. The van der Waals surface area contributed by atoms with E-state index in [9.17, 15) is 9.90 Å². The predicted molar refractivity (Wildman–Crippen MR) is 72.7 cm³/mol. The molecule has 2 rings (SSSR count). The summed E-state index contributed by atoms with van der Waals surface area (Å²) in [6.45, 7) is 7.10. The molecule has 0 amide bonds. The van der Waals surface area contributed by atoms with Gasteiger partial charge in [0.1, 0.15) is 6.54 Å². The second-order valence-electron chi connectivity index (χ2n) is 5.26. The lowest BCUT2D eigenvalue weighted by Gasteiger charge is -2.09. The summed E-state index contributed by atoms with van der Waals surface area (Å²) in [7, 11) is 0. The maximum Gasteiger partial charge on any atom is 0.358 e. The highest BCUT2D eigenvalue weighted by molar-refractivity contribution is 5.86. The van der Waals surface area contributed by atoms with E-state index < -0.39 is 5.97 Å². The van der Waals surface area contributed by atoms with E-state index in [0.29, 0.717) is 36.9 Å². The maximum atomic E-state index is 11.2. The molecule has 0 aliphatic carbocycles. The van der Waals surface area contributed by atoms with E-state index in [-0.39, 0.29) is 5.69 Å². The SMILES string of the molecule is CCCn1nnnc1Cn1nnc(C(=O)O)c1CC(C)C. The minimum absolute atomic E-state index is 0.00165. The molecule has 0 fully saturated rings. The van der Waals surface area contributed by atoms with Crippen LogP contribution < -0.4 is 0 Å². The molecule has 1 N–H and O–H groups in total. The van der Waals surface area contributed by atoms with Gasteiger partial charge in [-0.3, -0.25) is 0 Å². The van der Waals surface area contributed by atoms with Crippen molar-refractivity contribution >= 4 is 5.97 Å². The quantitative estimate of drug-likeness (QED) is 0.796. The molecule has 2 aromatic heterocycles. The van der Waals surface area contributed by atoms with E-state index in [1.165, 1.54) is 0 Å². The van der Waals surface area contributed by atoms with Gasteiger partial charge in [-0.1, -0.05) is 26.0 Å². The fraction of sp³-hybridized carbons (Fsp3) is 0.667. The number of hydrogen-bond acceptors (Lipinski definition) is 6. The molecule has 9 heteroatoms. The van der Waals surface area contributed by atoms with Gasteiger partial charge in [-0.2, -0.15) is 0 Å². The Hall–Kier alpha value is -2.32. The molecule has 2 heterocycles. The molecule has 0 radical (unpaired) electrons. The van der Waals surface area contributed by atoms with Gasteiger partial charge < -0.3 is 5.11 Å². The second kappa shape index (κ2) is 6.42. The van der Waals surface area contributed by atoms with Crippen molar-refractivity contribution in [3.63, 3.8) is 0 Å². The summed E-state index contributed by atoms with van der Waals surface area (Å²) in [4.78, 5) is 11.2. The Labute approximate surface area is 122 Å². The lowest BCUT2D eigenvalue weighted by molar-refractivity contribution is 0.0689. The summed E-state index contributed by atoms with van der Waals surface area (Å²) in [6, 6.07) is 0. The Kier molecular flexibility index (Phi) is 4.61. The first-order valence-electron chi connectivity index (χ1n) is 6.93. The monoisotopic (exact) mass is 293 g/mol. The van der Waals surface area contributed by atoms with Crippen LogP contribution in [0, 0.1) is 5.92 Å². The second-order valence-corrected chi connectivity index (χ2v) is 5.26. The fourth-order valence-electron chi connectivity index (χ4n) is 2.07. The van der Waals surface area contributed by atoms with Crippen molar-refractivity contribution in [2.24, 2.45) is 5.92 Å². The van der Waals surface area contributed by atoms with Gasteiger partial charge in [0.2, 0.25) is 0 Å². The zero-order chi connectivity index (χ0) is 15.4. The Morgan fingerprint density at radius 1 is 1.24 bits per heavy atom. The highest BCUT2D eigenvalue weighted by atomic mass is 16.4. The Balaban J connectivity index is 2.30. The zero-order valence-corrected chi connectivity index (χ0v) is 12.4. The van der Waals surface area contributed by atoms with E-state index in [1.54, 1.807) is 9.36 Å². The summed E-state index contributed by atoms with van der Waals surface area (Å²) in [6.07, 6.45) is 1.50. The molecule has 0 unspecified atom stereocenters. The number of carboxylic acid groups (broad SMARTS) is 1. The largest absolute Gasteiger partial charge is 0.476 e. The Bertz CT molecular complexity index is 617. The average Bonchev–Trinajstić information content (AvgIpc) is 2.99. The highest BCUT2D eigenvalue weighted by Crippen LogP contribution is 2.13. The molecular weight excluding hydrogens is 274 g/mol. The molecule has 0 aliphatic heterocycles. The number of aromatic nitrogens is 7.